The van der Waals surface area contributed by atoms with E-state index in [1.165, 1.54) is 11.8 Å². The van der Waals surface area contributed by atoms with E-state index >= 15 is 24.0 Å². The third-order valence-electron chi connectivity index (χ3n) is 20.8. The number of hydrogen-bond acceptors (Lipinski definition) is 23. The summed E-state index contributed by atoms with van der Waals surface area (Å²) in [5.74, 6) is -22.0. The molecule has 0 radical (unpaired) electrons. The topological polar surface area (TPSA) is 637 Å². The van der Waals surface area contributed by atoms with Crippen LogP contribution < -0.4 is 75.7 Å². The summed E-state index contributed by atoms with van der Waals surface area (Å²) < 4.78 is 45.3. The number of H-pyrrole nitrogens is 1. The second kappa shape index (κ2) is 45.8. The zero-order valence-electron chi connectivity index (χ0n) is 69.9. The molecule has 43 heteroatoms. The highest BCUT2D eigenvalue weighted by Crippen LogP contribution is 2.32. The summed E-state index contributed by atoms with van der Waals surface area (Å²) in [4.78, 5) is 247. The largest absolute Gasteiger partial charge is 0.748 e. The molecule has 2 saturated heterocycles. The second-order valence-electron chi connectivity index (χ2n) is 31.9. The molecular weight excluding hydrogens is 1690 g/mol. The zero-order valence-corrected chi connectivity index (χ0v) is 72.3. The zero-order chi connectivity index (χ0) is 91.7. The van der Waals surface area contributed by atoms with Gasteiger partial charge in [-0.05, 0) is 99.1 Å². The van der Waals surface area contributed by atoms with Crippen LogP contribution >= 0.6 is 15.9 Å². The highest BCUT2D eigenvalue weighted by Gasteiger charge is 2.45. The Balaban J connectivity index is 1.36. The van der Waals surface area contributed by atoms with Gasteiger partial charge in [0.1, 0.15) is 79.1 Å². The number of esters is 1. The van der Waals surface area contributed by atoms with E-state index in [0.29, 0.717) is 50.2 Å². The predicted octanol–water partition coefficient (Wildman–Crippen LogP) is -3.71. The van der Waals surface area contributed by atoms with Gasteiger partial charge in [0.05, 0.1) is 34.4 Å². The van der Waals surface area contributed by atoms with Gasteiger partial charge in [-0.15, -0.1) is 0 Å². The molecule has 15 amide bonds. The lowest BCUT2D eigenvalue weighted by atomic mass is 9.75. The summed E-state index contributed by atoms with van der Waals surface area (Å²) >= 11 is 3.39. The number of nitrogens with two attached hydrogens (primary N) is 3. The molecule has 1 aromatic heterocycles. The molecule has 0 aliphatic carbocycles. The van der Waals surface area contributed by atoms with Gasteiger partial charge < -0.3 is 110 Å². The third kappa shape index (κ3) is 30.2. The average molecular weight is 1800 g/mol. The number of nitrogens with one attached hydrogen (secondary N) is 13. The van der Waals surface area contributed by atoms with Crippen LogP contribution in [0.3, 0.4) is 0 Å². The Hall–Kier alpha value is -12.0. The van der Waals surface area contributed by atoms with Gasteiger partial charge >= 0.3 is 5.97 Å². The number of benzene rings is 3. The van der Waals surface area contributed by atoms with Gasteiger partial charge in [0.25, 0.3) is 0 Å². The Morgan fingerprint density at radius 2 is 1.35 bits per heavy atom. The van der Waals surface area contributed by atoms with Crippen molar-refractivity contribution < 1.29 is 104 Å². The molecule has 0 saturated carbocycles. The van der Waals surface area contributed by atoms with E-state index in [1.54, 1.807) is 120 Å². The first kappa shape index (κ1) is 99.8. The SMILES string of the molecule is CC(C)[C@@H](NC(=O)[C@@H]1CCCN1C(=O)[C@H](Cc1ccc(Br)cc1)NC(=O)[C@@H](C)NC=O)C(=O)C[C@H](C(=O)N[C@H](Cc1c[nH]c2ccccc12)C(=O)N[C@@H](CCCNC(=N)N)C(=O)N[C@H](CS(=O)(=O)[O-])C(=O)N[C@@H]1C(=O)N(C)[C@@H](CCC(N)=O)C(=O)N[C@H](Cc2ccccc2)C(=O)NC([C@@H](C)O)C(=O)N[C@@H](CC(N)=O)C(=O)N(C)CC(=O)O[C@@H]1C)C(C)(C)C. The number of amides is 15. The van der Waals surface area contributed by atoms with Crippen LogP contribution in [0, 0.1) is 22.7 Å². The number of primary amides is 2. The van der Waals surface area contributed by atoms with Gasteiger partial charge in [0.2, 0.25) is 89.1 Å². The summed E-state index contributed by atoms with van der Waals surface area (Å²) in [5.41, 5.74) is 17.5. The molecule has 3 heterocycles. The van der Waals surface area contributed by atoms with Crippen molar-refractivity contribution in [1.82, 2.24) is 78.2 Å². The number of ketones is 1. The Morgan fingerprint density at radius 1 is 0.732 bits per heavy atom. The van der Waals surface area contributed by atoms with Gasteiger partial charge in [-0.3, -0.25) is 86.9 Å². The molecule has 672 valence electrons. The number of aliphatic hydroxyl groups is 1. The molecule has 0 spiro atoms. The molecule has 20 N–H and O–H groups in total. The van der Waals surface area contributed by atoms with Crippen LogP contribution in [0.25, 0.3) is 10.9 Å². The highest BCUT2D eigenvalue weighted by molar-refractivity contribution is 9.10. The van der Waals surface area contributed by atoms with Crippen LogP contribution in [-0.4, -0.2) is 269 Å². The normalized spacial score (nSPS) is 20.4. The van der Waals surface area contributed by atoms with Crippen LogP contribution in [0.1, 0.15) is 123 Å². The number of carbonyl (C=O) groups is 17. The van der Waals surface area contributed by atoms with Gasteiger partial charge in [-0.25, -0.2) is 8.42 Å². The van der Waals surface area contributed by atoms with Crippen molar-refractivity contribution in [3.63, 3.8) is 0 Å². The quantitative estimate of drug-likeness (QED) is 0.00516. The highest BCUT2D eigenvalue weighted by atomic mass is 79.9. The molecular formula is C80H111BrN19O22S-. The van der Waals surface area contributed by atoms with Crippen LogP contribution in [-0.2, 0) is 116 Å². The summed E-state index contributed by atoms with van der Waals surface area (Å²) in [7, 11) is -3.73. The maximum atomic E-state index is 15.4. The van der Waals surface area contributed by atoms with E-state index in [2.05, 4.69) is 79.4 Å². The number of likely N-dealkylation sites (N-methyl/N-ethyl adjacent to an activating group) is 2. The number of halogens is 1. The predicted molar refractivity (Wildman–Crippen MR) is 446 cm³/mol. The molecule has 123 heavy (non-hydrogen) atoms. The molecule has 41 nitrogen and oxygen atoms in total. The molecule has 1 unspecified atom stereocenters. The van der Waals surface area contributed by atoms with E-state index in [-0.39, 0.29) is 45.2 Å². The minimum Gasteiger partial charge on any atom is -0.748 e. The molecule has 3 aromatic carbocycles. The van der Waals surface area contributed by atoms with E-state index in [1.807, 2.05) is 0 Å². The van der Waals surface area contributed by atoms with Crippen LogP contribution in [0.5, 0.6) is 0 Å². The minimum absolute atomic E-state index is 0.00581. The lowest BCUT2D eigenvalue weighted by molar-refractivity contribution is -0.158. The van der Waals surface area contributed by atoms with Crippen molar-refractivity contribution in [2.45, 2.75) is 211 Å². The van der Waals surface area contributed by atoms with Crippen molar-refractivity contribution >= 4 is 144 Å². The molecule has 6 rings (SSSR count). The first-order valence-electron chi connectivity index (χ1n) is 39.8. The number of hydrogen-bond donors (Lipinski definition) is 17. The minimum atomic E-state index is -5.69. The third-order valence-corrected chi connectivity index (χ3v) is 22.1. The van der Waals surface area contributed by atoms with Crippen molar-refractivity contribution in [1.29, 1.82) is 5.41 Å². The Kier molecular flexibility index (Phi) is 37.1. The number of para-hydroxylation sites is 1. The maximum absolute atomic E-state index is 15.4. The van der Waals surface area contributed by atoms with E-state index < -0.39 is 257 Å². The monoisotopic (exact) mass is 1800 g/mol. The molecule has 0 bridgehead atoms. The summed E-state index contributed by atoms with van der Waals surface area (Å²) in [6.07, 6.45) is -5.59. The second-order valence-corrected chi connectivity index (χ2v) is 34.3. The number of aromatic nitrogens is 1. The number of cyclic esters (lactones) is 1. The van der Waals surface area contributed by atoms with Crippen LogP contribution in [0.4, 0.5) is 0 Å². The number of aromatic amines is 1. The average Bonchev–Trinajstić information content (AvgIpc) is 1.78. The molecule has 2 aliphatic rings. The molecule has 2 aliphatic heterocycles. The van der Waals surface area contributed by atoms with Gasteiger partial charge in [-0.1, -0.05) is 111 Å². The van der Waals surface area contributed by atoms with Gasteiger partial charge in [-0.2, -0.15) is 0 Å². The number of aliphatic hydroxyl groups excluding tert-OH is 1. The fraction of sp³-hybridized carbons (Fsp3) is 0.525. The van der Waals surface area contributed by atoms with Crippen LogP contribution in [0.15, 0.2) is 89.5 Å². The van der Waals surface area contributed by atoms with E-state index in [0.717, 1.165) is 32.4 Å². The number of ether oxygens (including phenoxy) is 1. The Labute approximate surface area is 719 Å². The number of rotatable bonds is 37. The number of carbonyl (C=O) groups excluding carboxylic acids is 17. The maximum Gasteiger partial charge on any atom is 0.325 e. The number of guanidine groups is 1. The molecule has 2 fully saturated rings. The Bertz CT molecular complexity index is 4640. The lowest BCUT2D eigenvalue weighted by Gasteiger charge is -2.34. The van der Waals surface area contributed by atoms with Gasteiger partial charge in [0.15, 0.2) is 11.7 Å². The summed E-state index contributed by atoms with van der Waals surface area (Å²) in [6.45, 7) is 10.5. The number of likely N-dealkylation sites (tertiary alicyclic amines) is 1. The van der Waals surface area contributed by atoms with Gasteiger partial charge in [0, 0.05) is 86.8 Å². The fourth-order valence-electron chi connectivity index (χ4n) is 14.0. The first-order chi connectivity index (χ1) is 57.7. The van der Waals surface area contributed by atoms with E-state index in [9.17, 15) is 75.6 Å². The van der Waals surface area contributed by atoms with Crippen molar-refractivity contribution in [3.8, 4) is 0 Å². The summed E-state index contributed by atoms with van der Waals surface area (Å²) in [5, 5.41) is 46.4. The number of nitrogens with zero attached hydrogens (tertiary/aromatic N) is 3. The number of fused-ring (bicyclic) bond motifs is 1. The smallest absolute Gasteiger partial charge is 0.325 e. The lowest BCUT2D eigenvalue weighted by Crippen LogP contribution is -2.63. The van der Waals surface area contributed by atoms with E-state index in [4.69, 9.17) is 27.3 Å². The van der Waals surface area contributed by atoms with Crippen LogP contribution in [0.2, 0.25) is 0 Å². The summed E-state index contributed by atoms with van der Waals surface area (Å²) in [6, 6.07) is 0.961. The molecule has 4 aromatic rings. The fourth-order valence-corrected chi connectivity index (χ4v) is 14.9. The Morgan fingerprint density at radius 3 is 1.96 bits per heavy atom. The van der Waals surface area contributed by atoms with Crippen molar-refractivity contribution in [2.24, 2.45) is 34.5 Å². The van der Waals surface area contributed by atoms with Crippen molar-refractivity contribution in [3.05, 3.63) is 106 Å². The molecule has 15 atom stereocenters. The first-order valence-corrected chi connectivity index (χ1v) is 42.1. The number of Topliss-reactive ketones (excluding diaryl/α,β-unsaturated/α-hetero) is 1. The standard InChI is InChI=1S/C80H112BrN19O22S/c1-41(2)64(95-74(114)59-23-17-31-100(59)77(117)55(92-67(107)42(3)88-40-101)33-46-24-26-48(81)27-25-46)60(103)35-50(80(6,7)8)68(108)90-54(34-47-37-87-51-21-15-14-20-49(47)51)70(110)89-52(22-16-30-86-79(84)85)69(109)94-57(39-123(119,120)121)72(112)97-66-44(5)122-63(106)38-98(9)76(116)56(36-62(83)105)93-75(115)65(43(4)102)96-71(111)53(32-45-18-12-11-13-19-45)91-73(113)58(28-29-61(82)104)99(10)78(66)118/h11-15,18-21,24-27,37,40-44,50,52-59,64-66,87,102H,16-17,22-23,28-36,38-39H2,1-10H3,(H2,82,104)(H2,83,105)(H,88,101)(H,89,110)(H,90,108)(H,91,113)(H,92,107)(H,93,115)(H,94,109)(H,95,114)(H,96,111)(H,97,112)(H4,84,85,86)(H,119,120,121)/p-1/t42-,43-,44-,50-,52+,53-,54-,55+,56+,57-,58+,59+,64-,65?,66+/m1/s1. The van der Waals surface area contributed by atoms with Crippen molar-refractivity contribution in [2.75, 3.05) is 39.5 Å².